The van der Waals surface area contributed by atoms with Crippen molar-refractivity contribution in [2.24, 2.45) is 17.1 Å². The highest BCUT2D eigenvalue weighted by Crippen LogP contribution is 2.36. The summed E-state index contributed by atoms with van der Waals surface area (Å²) >= 11 is 0. The summed E-state index contributed by atoms with van der Waals surface area (Å²) in [5.74, 6) is 0.755. The van der Waals surface area contributed by atoms with Crippen LogP contribution >= 0.6 is 0 Å². The molecule has 1 unspecified atom stereocenters. The first-order chi connectivity index (χ1) is 10.7. The third-order valence-electron chi connectivity index (χ3n) is 5.13. The normalized spacial score (nSPS) is 22.0. The second-order valence-electron chi connectivity index (χ2n) is 6.70. The zero-order valence-electron chi connectivity index (χ0n) is 13.1. The zero-order valence-corrected chi connectivity index (χ0v) is 13.1. The molecule has 22 heavy (non-hydrogen) atoms. The van der Waals surface area contributed by atoms with Gasteiger partial charge in [0.05, 0.1) is 5.41 Å². The van der Waals surface area contributed by atoms with Gasteiger partial charge in [0, 0.05) is 25.8 Å². The molecule has 4 heteroatoms. The summed E-state index contributed by atoms with van der Waals surface area (Å²) < 4.78 is 5.40. The predicted octanol–water partition coefficient (Wildman–Crippen LogP) is 1.88. The summed E-state index contributed by atoms with van der Waals surface area (Å²) in [4.78, 5) is 12.8. The highest BCUT2D eigenvalue weighted by atomic mass is 16.5. The van der Waals surface area contributed by atoms with Gasteiger partial charge in [0.25, 0.3) is 0 Å². The van der Waals surface area contributed by atoms with Crippen LogP contribution in [0.1, 0.15) is 31.2 Å². The number of carbonyl (C=O) groups is 1. The van der Waals surface area contributed by atoms with Crippen LogP contribution in [0.5, 0.6) is 0 Å². The summed E-state index contributed by atoms with van der Waals surface area (Å²) in [6.45, 7) is 1.68. The molecule has 0 spiro atoms. The van der Waals surface area contributed by atoms with Crippen molar-refractivity contribution in [3.05, 3.63) is 35.9 Å². The van der Waals surface area contributed by atoms with Gasteiger partial charge in [-0.1, -0.05) is 30.3 Å². The first-order valence-corrected chi connectivity index (χ1v) is 8.36. The van der Waals surface area contributed by atoms with Crippen LogP contribution in [0.15, 0.2) is 30.3 Å². The Labute approximate surface area is 132 Å². The number of hydrogen-bond acceptors (Lipinski definition) is 3. The Kier molecular flexibility index (Phi) is 4.79. The number of rotatable bonds is 6. The lowest BCUT2D eigenvalue weighted by Gasteiger charge is -2.36. The van der Waals surface area contributed by atoms with E-state index in [2.05, 4.69) is 29.6 Å². The molecule has 2 fully saturated rings. The molecule has 4 nitrogen and oxygen atoms in total. The molecule has 2 aliphatic rings. The Hall–Kier alpha value is -1.39. The van der Waals surface area contributed by atoms with Crippen LogP contribution in [0.25, 0.3) is 0 Å². The molecule has 1 aromatic carbocycles. The second-order valence-corrected chi connectivity index (χ2v) is 6.70. The van der Waals surface area contributed by atoms with E-state index in [9.17, 15) is 4.79 Å². The van der Waals surface area contributed by atoms with Gasteiger partial charge in [-0.25, -0.2) is 0 Å². The van der Waals surface area contributed by atoms with E-state index >= 15 is 0 Å². The van der Waals surface area contributed by atoms with E-state index < -0.39 is 5.41 Å². The molecule has 0 bridgehead atoms. The fourth-order valence-electron chi connectivity index (χ4n) is 3.31. The maximum Gasteiger partial charge on any atom is 0.227 e. The average Bonchev–Trinajstić information content (AvgIpc) is 3.40. The summed E-state index contributed by atoms with van der Waals surface area (Å²) in [6.07, 6.45) is 4.82. The van der Waals surface area contributed by atoms with Gasteiger partial charge < -0.3 is 15.8 Å². The molecule has 120 valence electrons. The SMILES string of the molecule is NCC1(C(=O)NC(Cc2ccccc2)C2CC2)CCOCC1. The Bertz CT molecular complexity index is 493. The van der Waals surface area contributed by atoms with Crippen molar-refractivity contribution in [1.29, 1.82) is 0 Å². The molecular weight excluding hydrogens is 276 g/mol. The third-order valence-corrected chi connectivity index (χ3v) is 5.13. The fourth-order valence-corrected chi connectivity index (χ4v) is 3.31. The standard InChI is InChI=1S/C18H26N2O2/c19-13-18(8-10-22-11-9-18)17(21)20-16(15-6-7-15)12-14-4-2-1-3-5-14/h1-5,15-16H,6-13,19H2,(H,20,21). The number of benzene rings is 1. The number of nitrogens with one attached hydrogen (secondary N) is 1. The Morgan fingerprint density at radius 1 is 1.27 bits per heavy atom. The molecule has 1 saturated carbocycles. The van der Waals surface area contributed by atoms with Crippen molar-refractivity contribution in [2.75, 3.05) is 19.8 Å². The van der Waals surface area contributed by atoms with Crippen molar-refractivity contribution in [3.8, 4) is 0 Å². The van der Waals surface area contributed by atoms with Crippen LogP contribution in [0, 0.1) is 11.3 Å². The highest BCUT2D eigenvalue weighted by molar-refractivity contribution is 5.83. The smallest absolute Gasteiger partial charge is 0.227 e. The van der Waals surface area contributed by atoms with Crippen molar-refractivity contribution < 1.29 is 9.53 Å². The second kappa shape index (κ2) is 6.80. The summed E-state index contributed by atoms with van der Waals surface area (Å²) in [5.41, 5.74) is 6.80. The molecule has 1 aromatic rings. The minimum absolute atomic E-state index is 0.131. The number of nitrogens with two attached hydrogens (primary N) is 1. The van der Waals surface area contributed by atoms with E-state index in [1.807, 2.05) is 6.07 Å². The molecule has 0 radical (unpaired) electrons. The van der Waals surface area contributed by atoms with Crippen molar-refractivity contribution in [1.82, 2.24) is 5.32 Å². The Balaban J connectivity index is 1.66. The zero-order chi connectivity index (χ0) is 15.4. The van der Waals surface area contributed by atoms with Gasteiger partial charge >= 0.3 is 0 Å². The quantitative estimate of drug-likeness (QED) is 0.843. The Morgan fingerprint density at radius 3 is 2.55 bits per heavy atom. The van der Waals surface area contributed by atoms with Crippen LogP contribution in [0.2, 0.25) is 0 Å². The van der Waals surface area contributed by atoms with Gasteiger partial charge in [-0.05, 0) is 43.6 Å². The van der Waals surface area contributed by atoms with E-state index in [4.69, 9.17) is 10.5 Å². The monoisotopic (exact) mass is 302 g/mol. The fraction of sp³-hybridized carbons (Fsp3) is 0.611. The van der Waals surface area contributed by atoms with E-state index in [0.29, 0.717) is 25.7 Å². The number of hydrogen-bond donors (Lipinski definition) is 2. The lowest BCUT2D eigenvalue weighted by Crippen LogP contribution is -2.52. The van der Waals surface area contributed by atoms with Gasteiger partial charge in [0.15, 0.2) is 0 Å². The van der Waals surface area contributed by atoms with Crippen LogP contribution < -0.4 is 11.1 Å². The lowest BCUT2D eigenvalue weighted by molar-refractivity contribution is -0.136. The van der Waals surface area contributed by atoms with Crippen LogP contribution in [-0.2, 0) is 16.0 Å². The van der Waals surface area contributed by atoms with Crippen molar-refractivity contribution >= 4 is 5.91 Å². The molecule has 3 N–H and O–H groups in total. The van der Waals surface area contributed by atoms with Crippen LogP contribution in [0.4, 0.5) is 0 Å². The van der Waals surface area contributed by atoms with Crippen LogP contribution in [0.3, 0.4) is 0 Å². The first-order valence-electron chi connectivity index (χ1n) is 8.36. The molecule has 1 heterocycles. The first kappa shape index (κ1) is 15.5. The highest BCUT2D eigenvalue weighted by Gasteiger charge is 2.41. The number of carbonyl (C=O) groups excluding carboxylic acids is 1. The molecule has 1 aliphatic carbocycles. The number of ether oxygens (including phenoxy) is 1. The summed E-state index contributed by atoms with van der Waals surface area (Å²) in [6, 6.07) is 10.6. The maximum atomic E-state index is 12.8. The summed E-state index contributed by atoms with van der Waals surface area (Å²) in [5, 5.41) is 3.31. The van der Waals surface area contributed by atoms with Crippen molar-refractivity contribution in [3.63, 3.8) is 0 Å². The van der Waals surface area contributed by atoms with E-state index in [1.165, 1.54) is 18.4 Å². The van der Waals surface area contributed by atoms with E-state index in [0.717, 1.165) is 19.3 Å². The summed E-state index contributed by atoms with van der Waals surface area (Å²) in [7, 11) is 0. The lowest BCUT2D eigenvalue weighted by atomic mass is 9.79. The largest absolute Gasteiger partial charge is 0.381 e. The molecule has 0 aromatic heterocycles. The maximum absolute atomic E-state index is 12.8. The Morgan fingerprint density at radius 2 is 1.95 bits per heavy atom. The van der Waals surface area contributed by atoms with E-state index in [-0.39, 0.29) is 11.9 Å². The van der Waals surface area contributed by atoms with Gasteiger partial charge in [-0.3, -0.25) is 4.79 Å². The average molecular weight is 302 g/mol. The molecule has 1 amide bonds. The molecule has 1 atom stereocenters. The molecule has 1 saturated heterocycles. The van der Waals surface area contributed by atoms with Gasteiger partial charge in [0.1, 0.15) is 0 Å². The van der Waals surface area contributed by atoms with Crippen molar-refractivity contribution in [2.45, 2.75) is 38.1 Å². The minimum atomic E-state index is -0.428. The van der Waals surface area contributed by atoms with Gasteiger partial charge in [-0.15, -0.1) is 0 Å². The predicted molar refractivity (Wildman–Crippen MR) is 86.3 cm³/mol. The minimum Gasteiger partial charge on any atom is -0.381 e. The topological polar surface area (TPSA) is 64.4 Å². The van der Waals surface area contributed by atoms with E-state index in [1.54, 1.807) is 0 Å². The molecule has 1 aliphatic heterocycles. The van der Waals surface area contributed by atoms with Gasteiger partial charge in [0.2, 0.25) is 5.91 Å². The third kappa shape index (κ3) is 3.50. The van der Waals surface area contributed by atoms with Gasteiger partial charge in [-0.2, -0.15) is 0 Å². The molecule has 3 rings (SSSR count). The number of amides is 1. The van der Waals surface area contributed by atoms with Crippen LogP contribution in [-0.4, -0.2) is 31.7 Å². The molecular formula is C18H26N2O2.